The topological polar surface area (TPSA) is 60.9 Å². The third kappa shape index (κ3) is 1.99. The molecule has 0 saturated carbocycles. The molecule has 3 fully saturated rings. The molecule has 3 saturated heterocycles. The fraction of sp³-hybridized carbons (Fsp3) is 0.471. The highest BCUT2D eigenvalue weighted by Crippen LogP contribution is 2.40. The molecule has 0 radical (unpaired) electrons. The fourth-order valence-corrected chi connectivity index (χ4v) is 4.23. The predicted molar refractivity (Wildman–Crippen MR) is 88.8 cm³/mol. The summed E-state index contributed by atoms with van der Waals surface area (Å²) in [5.74, 6) is -0.458. The van der Waals surface area contributed by atoms with Gasteiger partial charge >= 0.3 is 6.03 Å². The van der Waals surface area contributed by atoms with Gasteiger partial charge in [0.15, 0.2) is 0 Å². The van der Waals surface area contributed by atoms with E-state index in [0.717, 1.165) is 6.42 Å². The Morgan fingerprint density at radius 1 is 1.21 bits per heavy atom. The van der Waals surface area contributed by atoms with E-state index < -0.39 is 11.6 Å². The molecule has 4 amide bonds. The van der Waals surface area contributed by atoms with Gasteiger partial charge in [-0.1, -0.05) is 17.7 Å². The third-order valence-corrected chi connectivity index (χ3v) is 5.60. The zero-order valence-electron chi connectivity index (χ0n) is 13.4. The summed E-state index contributed by atoms with van der Waals surface area (Å²) in [6.07, 6.45) is 1.94. The van der Waals surface area contributed by atoms with Gasteiger partial charge in [-0.2, -0.15) is 0 Å². The number of carbonyl (C=O) groups is 3. The van der Waals surface area contributed by atoms with Gasteiger partial charge in [-0.25, -0.2) is 9.69 Å². The molecule has 1 aromatic carbocycles. The number of urea groups is 1. The van der Waals surface area contributed by atoms with E-state index >= 15 is 0 Å². The number of benzene rings is 1. The molecule has 0 spiro atoms. The van der Waals surface area contributed by atoms with Crippen LogP contribution in [0.25, 0.3) is 0 Å². The second kappa shape index (κ2) is 5.21. The van der Waals surface area contributed by atoms with Crippen molar-refractivity contribution in [3.05, 3.63) is 29.3 Å². The minimum absolute atomic E-state index is 0.219. The van der Waals surface area contributed by atoms with Crippen molar-refractivity contribution >= 4 is 35.1 Å². The number of halogens is 1. The maximum absolute atomic E-state index is 12.8. The van der Waals surface area contributed by atoms with E-state index in [1.54, 1.807) is 41.0 Å². The second-order valence-electron chi connectivity index (χ2n) is 6.76. The van der Waals surface area contributed by atoms with E-state index in [0.29, 0.717) is 36.6 Å². The average molecular weight is 348 g/mol. The zero-order valence-corrected chi connectivity index (χ0v) is 14.1. The Morgan fingerprint density at radius 3 is 2.71 bits per heavy atom. The Kier molecular flexibility index (Phi) is 3.35. The van der Waals surface area contributed by atoms with Gasteiger partial charge in [0, 0.05) is 23.8 Å². The summed E-state index contributed by atoms with van der Waals surface area (Å²) in [4.78, 5) is 42.7. The summed E-state index contributed by atoms with van der Waals surface area (Å²) in [6.45, 7) is 2.85. The minimum atomic E-state index is -0.777. The highest BCUT2D eigenvalue weighted by atomic mass is 35.5. The van der Waals surface area contributed by atoms with Crippen molar-refractivity contribution in [3.63, 3.8) is 0 Å². The first-order chi connectivity index (χ1) is 11.4. The van der Waals surface area contributed by atoms with Crippen LogP contribution >= 0.6 is 11.6 Å². The lowest BCUT2D eigenvalue weighted by molar-refractivity contribution is -0.136. The van der Waals surface area contributed by atoms with Crippen molar-refractivity contribution < 1.29 is 14.4 Å². The molecular formula is C17H18ClN3O3. The number of fused-ring (bicyclic) bond motifs is 1. The van der Waals surface area contributed by atoms with Crippen LogP contribution in [0.4, 0.5) is 10.5 Å². The molecule has 0 bridgehead atoms. The smallest absolute Gasteiger partial charge is 0.310 e. The number of carbonyl (C=O) groups excluding carboxylic acids is 3. The van der Waals surface area contributed by atoms with Crippen LogP contribution in [-0.4, -0.2) is 52.3 Å². The summed E-state index contributed by atoms with van der Waals surface area (Å²) in [5.41, 5.74) is -0.0818. The number of anilines is 1. The summed E-state index contributed by atoms with van der Waals surface area (Å²) >= 11 is 6.00. The van der Waals surface area contributed by atoms with Crippen LogP contribution < -0.4 is 4.90 Å². The molecule has 24 heavy (non-hydrogen) atoms. The second-order valence-corrected chi connectivity index (χ2v) is 7.20. The molecule has 0 unspecified atom stereocenters. The van der Waals surface area contributed by atoms with E-state index in [1.807, 2.05) is 0 Å². The monoisotopic (exact) mass is 347 g/mol. The first-order valence-corrected chi connectivity index (χ1v) is 8.53. The van der Waals surface area contributed by atoms with Crippen LogP contribution in [0.1, 0.15) is 26.2 Å². The first-order valence-electron chi connectivity index (χ1n) is 8.16. The molecule has 4 rings (SSSR count). The van der Waals surface area contributed by atoms with Gasteiger partial charge in [0.2, 0.25) is 5.91 Å². The minimum Gasteiger partial charge on any atom is -0.310 e. The van der Waals surface area contributed by atoms with Crippen molar-refractivity contribution in [2.24, 2.45) is 0 Å². The molecule has 126 valence electrons. The van der Waals surface area contributed by atoms with Gasteiger partial charge in [-0.3, -0.25) is 9.59 Å². The Labute approximate surface area is 144 Å². The molecule has 3 aliphatic rings. The van der Waals surface area contributed by atoms with Crippen LogP contribution in [0, 0.1) is 0 Å². The summed E-state index contributed by atoms with van der Waals surface area (Å²) in [5, 5.41) is 0.547. The number of imide groups is 1. The summed E-state index contributed by atoms with van der Waals surface area (Å²) in [6, 6.07) is 6.00. The first kappa shape index (κ1) is 15.4. The highest BCUT2D eigenvalue weighted by Gasteiger charge is 2.60. The van der Waals surface area contributed by atoms with E-state index in [4.69, 9.17) is 11.6 Å². The number of hydrogen-bond donors (Lipinski definition) is 0. The van der Waals surface area contributed by atoms with E-state index in [9.17, 15) is 14.4 Å². The van der Waals surface area contributed by atoms with Gasteiger partial charge in [-0.05, 0) is 44.4 Å². The summed E-state index contributed by atoms with van der Waals surface area (Å²) in [7, 11) is 0. The molecule has 0 aliphatic carbocycles. The van der Waals surface area contributed by atoms with Gasteiger partial charge in [0.05, 0.1) is 0 Å². The van der Waals surface area contributed by atoms with Crippen molar-refractivity contribution in [3.8, 4) is 0 Å². The average Bonchev–Trinajstić information content (AvgIpc) is 3.16. The van der Waals surface area contributed by atoms with E-state index in [2.05, 4.69) is 0 Å². The standard InChI is InChI=1S/C17H18ClN3O3/c1-17-7-3-8-20(17)16(24)21(15(17)23)13-6-9-19(14(13)22)12-5-2-4-11(18)10-12/h2,4-5,10,13H,3,6-9H2,1H3/t13-,17-/m0/s1. The fourth-order valence-electron chi connectivity index (χ4n) is 4.05. The summed E-state index contributed by atoms with van der Waals surface area (Å²) < 4.78 is 0. The van der Waals surface area contributed by atoms with Crippen molar-refractivity contribution in [2.45, 2.75) is 37.8 Å². The van der Waals surface area contributed by atoms with E-state index in [1.165, 1.54) is 4.90 Å². The highest BCUT2D eigenvalue weighted by molar-refractivity contribution is 6.31. The maximum atomic E-state index is 12.8. The Balaban J connectivity index is 1.61. The SMILES string of the molecule is C[C@@]12CCCN1C(=O)N([C@H]1CCN(c3cccc(Cl)c3)C1=O)C2=O. The number of nitrogens with zero attached hydrogens (tertiary/aromatic N) is 3. The molecule has 7 heteroatoms. The van der Waals surface area contributed by atoms with Crippen LogP contribution in [0.15, 0.2) is 24.3 Å². The number of hydrogen-bond acceptors (Lipinski definition) is 3. The van der Waals surface area contributed by atoms with E-state index in [-0.39, 0.29) is 17.8 Å². The van der Waals surface area contributed by atoms with Crippen LogP contribution in [0.2, 0.25) is 5.02 Å². The largest absolute Gasteiger partial charge is 0.328 e. The molecule has 3 heterocycles. The molecule has 2 atom stereocenters. The molecular weight excluding hydrogens is 330 g/mol. The quantitative estimate of drug-likeness (QED) is 0.771. The van der Waals surface area contributed by atoms with Crippen molar-refractivity contribution in [1.29, 1.82) is 0 Å². The zero-order chi connectivity index (χ0) is 17.1. The van der Waals surface area contributed by atoms with Gasteiger partial charge < -0.3 is 9.80 Å². The van der Waals surface area contributed by atoms with Gasteiger partial charge in [0.25, 0.3) is 5.91 Å². The molecule has 0 aromatic heterocycles. The van der Waals surface area contributed by atoms with Crippen molar-refractivity contribution in [2.75, 3.05) is 18.0 Å². The Hall–Kier alpha value is -2.08. The normalized spacial score (nSPS) is 29.8. The predicted octanol–water partition coefficient (Wildman–Crippen LogP) is 2.26. The molecule has 0 N–H and O–H groups in total. The lowest BCUT2D eigenvalue weighted by Crippen LogP contribution is -2.47. The number of rotatable bonds is 2. The number of amides is 4. The van der Waals surface area contributed by atoms with Crippen LogP contribution in [0.3, 0.4) is 0 Å². The van der Waals surface area contributed by atoms with Gasteiger partial charge in [0.1, 0.15) is 11.6 Å². The van der Waals surface area contributed by atoms with Crippen molar-refractivity contribution in [1.82, 2.24) is 9.80 Å². The molecule has 6 nitrogen and oxygen atoms in total. The maximum Gasteiger partial charge on any atom is 0.328 e. The van der Waals surface area contributed by atoms with Crippen LogP contribution in [-0.2, 0) is 9.59 Å². The van der Waals surface area contributed by atoms with Crippen LogP contribution in [0.5, 0.6) is 0 Å². The van der Waals surface area contributed by atoms with Gasteiger partial charge in [-0.15, -0.1) is 0 Å². The Morgan fingerprint density at radius 2 is 2.00 bits per heavy atom. The molecule has 1 aromatic rings. The third-order valence-electron chi connectivity index (χ3n) is 5.37. The lowest BCUT2D eigenvalue weighted by Gasteiger charge is -2.23. The molecule has 3 aliphatic heterocycles. The lowest BCUT2D eigenvalue weighted by atomic mass is 9.99. The Bertz CT molecular complexity index is 752.